The SMILES string of the molecule is Cc1sc2nc([C@@H](C)Sc3n[nH]c(-c4cccs4)n3)[nH]c(=O)c2c1C. The zero-order chi connectivity index (χ0) is 17.6. The highest BCUT2D eigenvalue weighted by Gasteiger charge is 2.18. The fourth-order valence-corrected chi connectivity index (χ4v) is 4.98. The summed E-state index contributed by atoms with van der Waals surface area (Å²) in [6, 6.07) is 3.98. The minimum absolute atomic E-state index is 0.0632. The van der Waals surface area contributed by atoms with Gasteiger partial charge in [-0.15, -0.1) is 27.8 Å². The molecule has 0 aliphatic rings. The van der Waals surface area contributed by atoms with Crippen LogP contribution >= 0.6 is 34.4 Å². The second-order valence-electron chi connectivity index (χ2n) is 5.62. The highest BCUT2D eigenvalue weighted by atomic mass is 32.2. The van der Waals surface area contributed by atoms with Crippen LogP contribution in [0.25, 0.3) is 20.9 Å². The first-order valence-electron chi connectivity index (χ1n) is 7.66. The van der Waals surface area contributed by atoms with Gasteiger partial charge in [-0.25, -0.2) is 9.97 Å². The molecule has 0 aromatic carbocycles. The van der Waals surface area contributed by atoms with E-state index in [-0.39, 0.29) is 10.8 Å². The van der Waals surface area contributed by atoms with Crippen molar-refractivity contribution < 1.29 is 0 Å². The number of hydrogen-bond acceptors (Lipinski definition) is 7. The fraction of sp³-hybridized carbons (Fsp3) is 0.250. The Morgan fingerprint density at radius 1 is 1.28 bits per heavy atom. The van der Waals surface area contributed by atoms with E-state index in [2.05, 4.69) is 25.1 Å². The van der Waals surface area contributed by atoms with Crippen molar-refractivity contribution in [3.05, 3.63) is 44.1 Å². The van der Waals surface area contributed by atoms with Gasteiger partial charge in [0.1, 0.15) is 10.7 Å². The molecule has 4 aromatic heterocycles. The number of fused-ring (bicyclic) bond motifs is 1. The summed E-state index contributed by atoms with van der Waals surface area (Å²) in [4.78, 5) is 27.4. The summed E-state index contributed by atoms with van der Waals surface area (Å²) in [6.45, 7) is 5.96. The molecular formula is C16H15N5OS3. The summed E-state index contributed by atoms with van der Waals surface area (Å²) in [7, 11) is 0. The molecule has 128 valence electrons. The van der Waals surface area contributed by atoms with Crippen molar-refractivity contribution in [3.63, 3.8) is 0 Å². The smallest absolute Gasteiger partial charge is 0.259 e. The van der Waals surface area contributed by atoms with Crippen LogP contribution < -0.4 is 5.56 Å². The maximum absolute atomic E-state index is 12.4. The molecule has 0 aliphatic carbocycles. The van der Waals surface area contributed by atoms with E-state index in [0.717, 1.165) is 26.0 Å². The highest BCUT2D eigenvalue weighted by molar-refractivity contribution is 7.99. The van der Waals surface area contributed by atoms with Gasteiger partial charge in [0.2, 0.25) is 5.16 Å². The monoisotopic (exact) mass is 389 g/mol. The highest BCUT2D eigenvalue weighted by Crippen LogP contribution is 2.33. The van der Waals surface area contributed by atoms with Crippen molar-refractivity contribution >= 4 is 44.7 Å². The predicted octanol–water partition coefficient (Wildman–Crippen LogP) is 4.30. The first kappa shape index (κ1) is 16.5. The van der Waals surface area contributed by atoms with Gasteiger partial charge in [0, 0.05) is 4.88 Å². The molecule has 0 amide bonds. The number of aromatic nitrogens is 5. The van der Waals surface area contributed by atoms with Gasteiger partial charge < -0.3 is 4.98 Å². The lowest BCUT2D eigenvalue weighted by Crippen LogP contribution is -2.12. The van der Waals surface area contributed by atoms with Gasteiger partial charge >= 0.3 is 0 Å². The summed E-state index contributed by atoms with van der Waals surface area (Å²) in [5.74, 6) is 1.40. The van der Waals surface area contributed by atoms with E-state index < -0.39 is 0 Å². The van der Waals surface area contributed by atoms with Crippen LogP contribution in [0.4, 0.5) is 0 Å². The molecule has 0 radical (unpaired) electrons. The average Bonchev–Trinajstić information content (AvgIpc) is 3.29. The summed E-state index contributed by atoms with van der Waals surface area (Å²) in [6.07, 6.45) is 0. The van der Waals surface area contributed by atoms with Crippen LogP contribution in [0.15, 0.2) is 27.5 Å². The summed E-state index contributed by atoms with van der Waals surface area (Å²) in [5, 5.41) is 10.5. The van der Waals surface area contributed by atoms with E-state index >= 15 is 0 Å². The Bertz CT molecular complexity index is 1090. The van der Waals surface area contributed by atoms with E-state index in [1.807, 2.05) is 38.3 Å². The molecule has 0 aliphatic heterocycles. The Morgan fingerprint density at radius 2 is 2.12 bits per heavy atom. The standard InChI is InChI=1S/C16H15N5OS3/c1-7-8(2)24-15-11(7)14(22)17-12(18-15)9(3)25-16-19-13(20-21-16)10-5-4-6-23-10/h4-6,9H,1-3H3,(H,17,18,22)(H,19,20,21)/t9-/m1/s1. The number of rotatable bonds is 4. The van der Waals surface area contributed by atoms with Gasteiger partial charge in [-0.3, -0.25) is 9.89 Å². The van der Waals surface area contributed by atoms with Gasteiger partial charge in [0.15, 0.2) is 5.82 Å². The molecule has 0 fully saturated rings. The number of aryl methyl sites for hydroxylation is 2. The van der Waals surface area contributed by atoms with Crippen LogP contribution in [0.2, 0.25) is 0 Å². The molecule has 0 unspecified atom stereocenters. The molecule has 0 spiro atoms. The van der Waals surface area contributed by atoms with Crippen LogP contribution in [0.5, 0.6) is 0 Å². The largest absolute Gasteiger partial charge is 0.309 e. The molecule has 25 heavy (non-hydrogen) atoms. The minimum atomic E-state index is -0.0800. The third-order valence-electron chi connectivity index (χ3n) is 3.94. The van der Waals surface area contributed by atoms with Crippen molar-refractivity contribution in [3.8, 4) is 10.7 Å². The molecular weight excluding hydrogens is 374 g/mol. The maximum atomic E-state index is 12.4. The number of thioether (sulfide) groups is 1. The molecule has 4 rings (SSSR count). The van der Waals surface area contributed by atoms with E-state index in [0.29, 0.717) is 16.4 Å². The van der Waals surface area contributed by atoms with Gasteiger partial charge in [-0.2, -0.15) is 0 Å². The number of aromatic amines is 2. The van der Waals surface area contributed by atoms with E-state index in [9.17, 15) is 4.79 Å². The second-order valence-corrected chi connectivity index (χ2v) is 9.08. The molecule has 1 atom stereocenters. The Kier molecular flexibility index (Phi) is 4.22. The number of thiophene rings is 2. The molecule has 0 saturated heterocycles. The topological polar surface area (TPSA) is 87.3 Å². The number of H-pyrrole nitrogens is 2. The van der Waals surface area contributed by atoms with Gasteiger partial charge in [-0.05, 0) is 37.8 Å². The summed E-state index contributed by atoms with van der Waals surface area (Å²) in [5.41, 5.74) is 0.929. The number of nitrogens with one attached hydrogen (secondary N) is 2. The van der Waals surface area contributed by atoms with Crippen LogP contribution in [-0.2, 0) is 0 Å². The van der Waals surface area contributed by atoms with E-state index in [4.69, 9.17) is 0 Å². The molecule has 0 saturated carbocycles. The quantitative estimate of drug-likeness (QED) is 0.508. The Balaban J connectivity index is 1.62. The van der Waals surface area contributed by atoms with Gasteiger partial charge in [-0.1, -0.05) is 17.8 Å². The van der Waals surface area contributed by atoms with Crippen LogP contribution in [0.3, 0.4) is 0 Å². The lowest BCUT2D eigenvalue weighted by molar-refractivity contribution is 0.906. The van der Waals surface area contributed by atoms with Crippen molar-refractivity contribution in [1.82, 2.24) is 25.1 Å². The Hall–Kier alpha value is -1.97. The molecule has 9 heteroatoms. The molecule has 0 bridgehead atoms. The molecule has 4 heterocycles. The number of nitrogens with zero attached hydrogens (tertiary/aromatic N) is 3. The van der Waals surface area contributed by atoms with E-state index in [1.165, 1.54) is 11.8 Å². The van der Waals surface area contributed by atoms with Crippen LogP contribution in [0, 0.1) is 13.8 Å². The van der Waals surface area contributed by atoms with Crippen molar-refractivity contribution in [1.29, 1.82) is 0 Å². The lowest BCUT2D eigenvalue weighted by Gasteiger charge is -2.07. The average molecular weight is 390 g/mol. The molecule has 4 aromatic rings. The summed E-state index contributed by atoms with van der Waals surface area (Å²) >= 11 is 4.63. The van der Waals surface area contributed by atoms with Crippen LogP contribution in [0.1, 0.15) is 28.4 Å². The van der Waals surface area contributed by atoms with Crippen LogP contribution in [-0.4, -0.2) is 25.1 Å². The van der Waals surface area contributed by atoms with E-state index in [1.54, 1.807) is 22.7 Å². The third kappa shape index (κ3) is 3.03. The second kappa shape index (κ2) is 6.40. The Morgan fingerprint density at radius 3 is 2.88 bits per heavy atom. The molecule has 6 nitrogen and oxygen atoms in total. The van der Waals surface area contributed by atoms with Gasteiger partial charge in [0.05, 0.1) is 15.5 Å². The lowest BCUT2D eigenvalue weighted by atomic mass is 10.2. The summed E-state index contributed by atoms with van der Waals surface area (Å²) < 4.78 is 0. The first-order chi connectivity index (χ1) is 12.0. The maximum Gasteiger partial charge on any atom is 0.259 e. The Labute approximate surface area is 155 Å². The van der Waals surface area contributed by atoms with Crippen molar-refractivity contribution in [2.75, 3.05) is 0 Å². The number of hydrogen-bond donors (Lipinski definition) is 2. The fourth-order valence-electron chi connectivity index (χ4n) is 2.50. The molecule has 2 N–H and O–H groups in total. The minimum Gasteiger partial charge on any atom is -0.309 e. The third-order valence-corrected chi connectivity index (χ3v) is 6.89. The zero-order valence-corrected chi connectivity index (χ0v) is 16.2. The normalized spacial score (nSPS) is 12.8. The first-order valence-corrected chi connectivity index (χ1v) is 10.2. The predicted molar refractivity (Wildman–Crippen MR) is 104 cm³/mol. The van der Waals surface area contributed by atoms with Crippen molar-refractivity contribution in [2.24, 2.45) is 0 Å². The van der Waals surface area contributed by atoms with Gasteiger partial charge in [0.25, 0.3) is 5.56 Å². The zero-order valence-electron chi connectivity index (χ0n) is 13.8. The van der Waals surface area contributed by atoms with Crippen molar-refractivity contribution in [2.45, 2.75) is 31.2 Å².